The average Bonchev–Trinajstić information content (AvgIpc) is 3.09. The molecule has 102 valence electrons. The summed E-state index contributed by atoms with van der Waals surface area (Å²) in [6.07, 6.45) is 2.66. The van der Waals surface area contributed by atoms with Gasteiger partial charge in [-0.05, 0) is 31.2 Å². The van der Waals surface area contributed by atoms with Gasteiger partial charge in [-0.3, -0.25) is 0 Å². The van der Waals surface area contributed by atoms with Gasteiger partial charge in [0.25, 0.3) is 0 Å². The fraction of sp³-hybridized carbons (Fsp3) is 0.538. The molecule has 19 heavy (non-hydrogen) atoms. The molecule has 0 bridgehead atoms. The molecule has 0 radical (unpaired) electrons. The Bertz CT molecular complexity index is 506. The number of anilines is 1. The molecule has 3 heterocycles. The Morgan fingerprint density at radius 3 is 3.05 bits per heavy atom. The molecule has 1 fully saturated rings. The van der Waals surface area contributed by atoms with Gasteiger partial charge in [0.1, 0.15) is 5.01 Å². The van der Waals surface area contributed by atoms with Gasteiger partial charge in [0.2, 0.25) is 5.13 Å². The smallest absolute Gasteiger partial charge is 0.208 e. The zero-order valence-electron chi connectivity index (χ0n) is 10.9. The van der Waals surface area contributed by atoms with E-state index in [0.717, 1.165) is 36.3 Å². The zero-order chi connectivity index (χ0) is 13.1. The molecule has 2 aromatic heterocycles. The minimum Gasteiger partial charge on any atom is -0.376 e. The Hall–Kier alpha value is -0.980. The van der Waals surface area contributed by atoms with E-state index >= 15 is 0 Å². The van der Waals surface area contributed by atoms with Crippen LogP contribution in [0.5, 0.6) is 0 Å². The highest BCUT2D eigenvalue weighted by molar-refractivity contribution is 7.15. The van der Waals surface area contributed by atoms with Crippen molar-refractivity contribution in [1.29, 1.82) is 0 Å². The lowest BCUT2D eigenvalue weighted by Gasteiger charge is -2.23. The fourth-order valence-electron chi connectivity index (χ4n) is 2.25. The van der Waals surface area contributed by atoms with Crippen LogP contribution in [0.4, 0.5) is 5.13 Å². The molecule has 0 aliphatic carbocycles. The molecule has 0 spiro atoms. The molecule has 0 amide bonds. The van der Waals surface area contributed by atoms with Crippen LogP contribution in [0.1, 0.15) is 22.7 Å². The SMILES string of the molecule is Cc1nnc(N(Cc2cccs2)CC2CCCO2)s1. The van der Waals surface area contributed by atoms with E-state index in [1.165, 1.54) is 11.3 Å². The Balaban J connectivity index is 1.74. The van der Waals surface area contributed by atoms with Crippen molar-refractivity contribution in [1.82, 2.24) is 10.2 Å². The van der Waals surface area contributed by atoms with Crippen molar-refractivity contribution in [3.8, 4) is 0 Å². The van der Waals surface area contributed by atoms with Gasteiger partial charge in [-0.15, -0.1) is 21.5 Å². The van der Waals surface area contributed by atoms with Crippen LogP contribution in [0.2, 0.25) is 0 Å². The van der Waals surface area contributed by atoms with E-state index in [9.17, 15) is 0 Å². The lowest BCUT2D eigenvalue weighted by atomic mass is 10.2. The summed E-state index contributed by atoms with van der Waals surface area (Å²) in [6.45, 7) is 4.70. The van der Waals surface area contributed by atoms with Crippen molar-refractivity contribution in [3.05, 3.63) is 27.4 Å². The minimum atomic E-state index is 0.337. The van der Waals surface area contributed by atoms with Gasteiger partial charge in [0.15, 0.2) is 0 Å². The summed E-state index contributed by atoms with van der Waals surface area (Å²) >= 11 is 3.44. The fourth-order valence-corrected chi connectivity index (χ4v) is 3.66. The van der Waals surface area contributed by atoms with Crippen molar-refractivity contribution in [2.45, 2.75) is 32.4 Å². The molecule has 1 aliphatic heterocycles. The monoisotopic (exact) mass is 295 g/mol. The molecule has 1 atom stereocenters. The number of hydrogen-bond donors (Lipinski definition) is 0. The average molecular weight is 295 g/mol. The van der Waals surface area contributed by atoms with E-state index in [1.54, 1.807) is 22.7 Å². The van der Waals surface area contributed by atoms with Gasteiger partial charge >= 0.3 is 0 Å². The van der Waals surface area contributed by atoms with Crippen molar-refractivity contribution in [2.24, 2.45) is 0 Å². The molecule has 3 rings (SSSR count). The van der Waals surface area contributed by atoms with Crippen LogP contribution in [-0.4, -0.2) is 29.5 Å². The molecular weight excluding hydrogens is 278 g/mol. The standard InChI is InChI=1S/C13H17N3OS2/c1-10-14-15-13(19-10)16(8-11-4-2-6-17-11)9-12-5-3-7-18-12/h3,5,7,11H,2,4,6,8-9H2,1H3. The van der Waals surface area contributed by atoms with Crippen molar-refractivity contribution >= 4 is 27.8 Å². The lowest BCUT2D eigenvalue weighted by Crippen LogP contribution is -2.31. The van der Waals surface area contributed by atoms with Crippen molar-refractivity contribution in [2.75, 3.05) is 18.1 Å². The first-order chi connectivity index (χ1) is 9.31. The van der Waals surface area contributed by atoms with Crippen LogP contribution in [0.15, 0.2) is 17.5 Å². The third kappa shape index (κ3) is 3.32. The van der Waals surface area contributed by atoms with E-state index in [-0.39, 0.29) is 0 Å². The van der Waals surface area contributed by atoms with Crippen LogP contribution in [0, 0.1) is 6.92 Å². The van der Waals surface area contributed by atoms with E-state index < -0.39 is 0 Å². The van der Waals surface area contributed by atoms with Gasteiger partial charge in [0.05, 0.1) is 12.6 Å². The molecule has 1 aliphatic rings. The number of hydrogen-bond acceptors (Lipinski definition) is 6. The van der Waals surface area contributed by atoms with Crippen LogP contribution < -0.4 is 4.90 Å². The van der Waals surface area contributed by atoms with Crippen LogP contribution in [0.3, 0.4) is 0 Å². The second-order valence-corrected chi connectivity index (χ2v) is 6.89. The maximum Gasteiger partial charge on any atom is 0.208 e. The maximum atomic E-state index is 5.75. The summed E-state index contributed by atoms with van der Waals surface area (Å²) in [5.41, 5.74) is 0. The highest BCUT2D eigenvalue weighted by atomic mass is 32.1. The Morgan fingerprint density at radius 2 is 2.42 bits per heavy atom. The Kier molecular flexibility index (Phi) is 4.10. The quantitative estimate of drug-likeness (QED) is 0.849. The van der Waals surface area contributed by atoms with Gasteiger partial charge < -0.3 is 9.64 Å². The van der Waals surface area contributed by atoms with E-state index in [4.69, 9.17) is 4.74 Å². The first kappa shape index (κ1) is 13.0. The summed E-state index contributed by atoms with van der Waals surface area (Å²) in [4.78, 5) is 3.65. The molecule has 0 aromatic carbocycles. The zero-order valence-corrected chi connectivity index (χ0v) is 12.5. The molecular formula is C13H17N3OS2. The lowest BCUT2D eigenvalue weighted by molar-refractivity contribution is 0.115. The van der Waals surface area contributed by atoms with Gasteiger partial charge in [-0.25, -0.2) is 0 Å². The summed E-state index contributed by atoms with van der Waals surface area (Å²) in [7, 11) is 0. The van der Waals surface area contributed by atoms with Gasteiger partial charge in [-0.1, -0.05) is 17.4 Å². The first-order valence-corrected chi connectivity index (χ1v) is 8.20. The normalized spacial score (nSPS) is 18.9. The van der Waals surface area contributed by atoms with E-state index in [0.29, 0.717) is 6.10 Å². The molecule has 2 aromatic rings. The molecule has 0 saturated carbocycles. The Labute approximate surface area is 121 Å². The predicted octanol–water partition coefficient (Wildman–Crippen LogP) is 3.09. The summed E-state index contributed by atoms with van der Waals surface area (Å²) in [6, 6.07) is 4.26. The molecule has 1 saturated heterocycles. The van der Waals surface area contributed by atoms with Crippen molar-refractivity contribution in [3.63, 3.8) is 0 Å². The van der Waals surface area contributed by atoms with Crippen LogP contribution in [-0.2, 0) is 11.3 Å². The van der Waals surface area contributed by atoms with Gasteiger partial charge in [0, 0.05) is 18.0 Å². The minimum absolute atomic E-state index is 0.337. The molecule has 4 nitrogen and oxygen atoms in total. The largest absolute Gasteiger partial charge is 0.376 e. The first-order valence-electron chi connectivity index (χ1n) is 6.50. The number of aryl methyl sites for hydroxylation is 1. The van der Waals surface area contributed by atoms with E-state index in [2.05, 4.69) is 32.6 Å². The second-order valence-electron chi connectivity index (χ2n) is 4.70. The van der Waals surface area contributed by atoms with Crippen molar-refractivity contribution < 1.29 is 4.74 Å². The molecule has 1 unspecified atom stereocenters. The highest BCUT2D eigenvalue weighted by Gasteiger charge is 2.21. The van der Waals surface area contributed by atoms with Gasteiger partial charge in [-0.2, -0.15) is 0 Å². The Morgan fingerprint density at radius 1 is 1.47 bits per heavy atom. The topological polar surface area (TPSA) is 38.2 Å². The number of rotatable bonds is 5. The molecule has 6 heteroatoms. The number of thiophene rings is 1. The maximum absolute atomic E-state index is 5.75. The predicted molar refractivity (Wildman–Crippen MR) is 79.0 cm³/mol. The van der Waals surface area contributed by atoms with Crippen LogP contribution >= 0.6 is 22.7 Å². The number of nitrogens with zero attached hydrogens (tertiary/aromatic N) is 3. The summed E-state index contributed by atoms with van der Waals surface area (Å²) in [5.74, 6) is 0. The second kappa shape index (κ2) is 5.98. The summed E-state index contributed by atoms with van der Waals surface area (Å²) in [5, 5.41) is 12.5. The summed E-state index contributed by atoms with van der Waals surface area (Å²) < 4.78 is 5.75. The third-order valence-electron chi connectivity index (χ3n) is 3.16. The number of aromatic nitrogens is 2. The highest BCUT2D eigenvalue weighted by Crippen LogP contribution is 2.25. The third-order valence-corrected chi connectivity index (χ3v) is 4.92. The molecule has 0 N–H and O–H groups in total. The van der Waals surface area contributed by atoms with E-state index in [1.807, 2.05) is 6.92 Å². The van der Waals surface area contributed by atoms with Crippen LogP contribution in [0.25, 0.3) is 0 Å². The number of ether oxygens (including phenoxy) is 1.